The Kier molecular flexibility index (Phi) is 3.73. The number of hydrogen-bond donors (Lipinski definition) is 1. The van der Waals surface area contributed by atoms with Crippen LogP contribution in [0.3, 0.4) is 0 Å². The van der Waals surface area contributed by atoms with Crippen LogP contribution in [0.5, 0.6) is 0 Å². The van der Waals surface area contributed by atoms with E-state index in [1.54, 1.807) is 12.1 Å². The molecule has 0 saturated heterocycles. The summed E-state index contributed by atoms with van der Waals surface area (Å²) in [5, 5.41) is 9.25. The van der Waals surface area contributed by atoms with E-state index in [1.807, 2.05) is 25.3 Å². The van der Waals surface area contributed by atoms with Crippen LogP contribution in [0.1, 0.15) is 25.7 Å². The van der Waals surface area contributed by atoms with Gasteiger partial charge in [0.2, 0.25) is 0 Å². The molecule has 0 fully saturated rings. The van der Waals surface area contributed by atoms with Gasteiger partial charge in [0.1, 0.15) is 11.3 Å². The molecule has 0 bridgehead atoms. The van der Waals surface area contributed by atoms with E-state index in [0.717, 1.165) is 5.82 Å². The number of benzene rings is 1. The van der Waals surface area contributed by atoms with Crippen molar-refractivity contribution in [1.82, 2.24) is 9.55 Å². The fourth-order valence-corrected chi connectivity index (χ4v) is 2.46. The summed E-state index contributed by atoms with van der Waals surface area (Å²) in [5.74, 6) is 0.499. The molecule has 2 unspecified atom stereocenters. The minimum absolute atomic E-state index is 0.0104. The maximum absolute atomic E-state index is 14.2. The van der Waals surface area contributed by atoms with E-state index in [2.05, 4.69) is 20.9 Å². The van der Waals surface area contributed by atoms with Crippen LogP contribution in [0.15, 0.2) is 16.6 Å². The van der Waals surface area contributed by atoms with Crippen LogP contribution in [-0.2, 0) is 0 Å². The van der Waals surface area contributed by atoms with E-state index in [-0.39, 0.29) is 24.4 Å². The van der Waals surface area contributed by atoms with Crippen molar-refractivity contribution in [3.63, 3.8) is 0 Å². The van der Waals surface area contributed by atoms with Gasteiger partial charge in [0, 0.05) is 12.6 Å². The van der Waals surface area contributed by atoms with E-state index in [4.69, 9.17) is 0 Å². The summed E-state index contributed by atoms with van der Waals surface area (Å²) in [6, 6.07) is 3.44. The number of aliphatic hydroxyl groups is 1. The summed E-state index contributed by atoms with van der Waals surface area (Å²) in [5.41, 5.74) is 1.14. The molecular formula is C13H16BrFN2O. The minimum Gasteiger partial charge on any atom is -0.396 e. The molecule has 1 aromatic carbocycles. The van der Waals surface area contributed by atoms with Crippen LogP contribution < -0.4 is 0 Å². The van der Waals surface area contributed by atoms with Gasteiger partial charge in [-0.3, -0.25) is 0 Å². The number of hydrogen-bond acceptors (Lipinski definition) is 2. The number of aliphatic hydroxyl groups excluding tert-OH is 1. The van der Waals surface area contributed by atoms with Crippen molar-refractivity contribution in [2.45, 2.75) is 26.8 Å². The average molecular weight is 315 g/mol. The van der Waals surface area contributed by atoms with Gasteiger partial charge in [-0.1, -0.05) is 6.92 Å². The van der Waals surface area contributed by atoms with Gasteiger partial charge in [0.15, 0.2) is 5.82 Å². The minimum atomic E-state index is -0.301. The Bertz CT molecular complexity index is 582. The van der Waals surface area contributed by atoms with Gasteiger partial charge in [0.25, 0.3) is 0 Å². The lowest BCUT2D eigenvalue weighted by Crippen LogP contribution is -2.18. The molecular weight excluding hydrogens is 299 g/mol. The van der Waals surface area contributed by atoms with Crippen molar-refractivity contribution in [2.75, 3.05) is 6.61 Å². The Hall–Kier alpha value is -0.940. The van der Waals surface area contributed by atoms with Crippen molar-refractivity contribution < 1.29 is 9.50 Å². The zero-order valence-corrected chi connectivity index (χ0v) is 12.2. The number of halogens is 2. The van der Waals surface area contributed by atoms with Gasteiger partial charge in [-0.05, 0) is 47.8 Å². The van der Waals surface area contributed by atoms with Crippen LogP contribution in [0.4, 0.5) is 4.39 Å². The summed E-state index contributed by atoms with van der Waals surface area (Å²) in [6.45, 7) is 5.82. The third kappa shape index (κ3) is 2.06. The Balaban J connectivity index is 2.69. The Morgan fingerprint density at radius 1 is 1.44 bits per heavy atom. The highest BCUT2D eigenvalue weighted by Gasteiger charge is 2.21. The molecule has 1 N–H and O–H groups in total. The summed E-state index contributed by atoms with van der Waals surface area (Å²) in [7, 11) is 0. The van der Waals surface area contributed by atoms with Crippen LogP contribution in [-0.4, -0.2) is 21.3 Å². The van der Waals surface area contributed by atoms with Crippen LogP contribution in [0.2, 0.25) is 0 Å². The van der Waals surface area contributed by atoms with Gasteiger partial charge >= 0.3 is 0 Å². The first kappa shape index (κ1) is 13.5. The molecule has 0 spiro atoms. The Morgan fingerprint density at radius 3 is 2.72 bits per heavy atom. The van der Waals surface area contributed by atoms with Gasteiger partial charge < -0.3 is 9.67 Å². The maximum Gasteiger partial charge on any atom is 0.163 e. The van der Waals surface area contributed by atoms with Gasteiger partial charge in [-0.2, -0.15) is 0 Å². The molecule has 0 aliphatic carbocycles. The van der Waals surface area contributed by atoms with Gasteiger partial charge in [-0.25, -0.2) is 9.37 Å². The maximum atomic E-state index is 14.2. The van der Waals surface area contributed by atoms with Gasteiger partial charge in [-0.15, -0.1) is 0 Å². The zero-order chi connectivity index (χ0) is 13.4. The predicted molar refractivity (Wildman–Crippen MR) is 73.1 cm³/mol. The third-order valence-corrected chi connectivity index (χ3v) is 4.05. The van der Waals surface area contributed by atoms with Gasteiger partial charge in [0.05, 0.1) is 9.99 Å². The number of imidazole rings is 1. The van der Waals surface area contributed by atoms with Crippen molar-refractivity contribution in [1.29, 1.82) is 0 Å². The monoisotopic (exact) mass is 314 g/mol. The molecule has 0 saturated carbocycles. The lowest BCUT2D eigenvalue weighted by atomic mass is 10.0. The average Bonchev–Trinajstić information content (AvgIpc) is 2.69. The molecule has 5 heteroatoms. The van der Waals surface area contributed by atoms with E-state index in [1.165, 1.54) is 0 Å². The quantitative estimate of drug-likeness (QED) is 0.942. The van der Waals surface area contributed by atoms with E-state index >= 15 is 0 Å². The normalized spacial score (nSPS) is 15.0. The first-order valence-corrected chi connectivity index (χ1v) is 6.70. The molecule has 3 nitrogen and oxygen atoms in total. The first-order valence-electron chi connectivity index (χ1n) is 5.90. The second-order valence-electron chi connectivity index (χ2n) is 4.66. The Labute approximate surface area is 114 Å². The molecule has 0 radical (unpaired) electrons. The smallest absolute Gasteiger partial charge is 0.163 e. The molecule has 0 aliphatic heterocycles. The zero-order valence-electron chi connectivity index (χ0n) is 10.6. The van der Waals surface area contributed by atoms with E-state index in [9.17, 15) is 9.50 Å². The molecule has 0 amide bonds. The molecule has 2 aromatic rings. The first-order chi connectivity index (χ1) is 8.47. The van der Waals surface area contributed by atoms with Crippen molar-refractivity contribution >= 4 is 27.0 Å². The lowest BCUT2D eigenvalue weighted by Gasteiger charge is -2.22. The molecule has 18 heavy (non-hydrogen) atoms. The number of aromatic nitrogens is 2. The highest BCUT2D eigenvalue weighted by molar-refractivity contribution is 9.10. The van der Waals surface area contributed by atoms with E-state index < -0.39 is 0 Å². The largest absolute Gasteiger partial charge is 0.396 e. The molecule has 2 rings (SSSR count). The van der Waals surface area contributed by atoms with Crippen LogP contribution >= 0.6 is 15.9 Å². The third-order valence-electron chi connectivity index (χ3n) is 3.44. The van der Waals surface area contributed by atoms with Crippen molar-refractivity contribution in [3.8, 4) is 0 Å². The van der Waals surface area contributed by atoms with Crippen LogP contribution in [0.25, 0.3) is 11.0 Å². The highest BCUT2D eigenvalue weighted by atomic mass is 79.9. The standard InChI is InChI=1S/C13H16BrFN2O/c1-7(6-18)8(2)17-9(3)16-11-5-4-10(14)12(15)13(11)17/h4-5,7-8,18H,6H2,1-3H3. The molecule has 0 aliphatic rings. The number of fused-ring (bicyclic) bond motifs is 1. The molecule has 98 valence electrons. The predicted octanol–water partition coefficient (Wildman–Crippen LogP) is 3.44. The lowest BCUT2D eigenvalue weighted by molar-refractivity contribution is 0.198. The molecule has 1 aromatic heterocycles. The second kappa shape index (κ2) is 4.97. The number of aryl methyl sites for hydroxylation is 1. The fraction of sp³-hybridized carbons (Fsp3) is 0.462. The summed E-state index contributed by atoms with van der Waals surface area (Å²) >= 11 is 3.20. The summed E-state index contributed by atoms with van der Waals surface area (Å²) in [6.07, 6.45) is 0. The summed E-state index contributed by atoms with van der Waals surface area (Å²) in [4.78, 5) is 4.37. The van der Waals surface area contributed by atoms with E-state index in [0.29, 0.717) is 15.5 Å². The summed E-state index contributed by atoms with van der Waals surface area (Å²) < 4.78 is 16.5. The van der Waals surface area contributed by atoms with Crippen LogP contribution in [0, 0.1) is 18.7 Å². The SMILES string of the molecule is Cc1nc2ccc(Br)c(F)c2n1C(C)C(C)CO. The topological polar surface area (TPSA) is 38.0 Å². The molecule has 1 heterocycles. The fourth-order valence-electron chi connectivity index (χ4n) is 2.14. The number of nitrogens with zero attached hydrogens (tertiary/aromatic N) is 2. The highest BCUT2D eigenvalue weighted by Crippen LogP contribution is 2.30. The number of rotatable bonds is 3. The van der Waals surface area contributed by atoms with Crippen molar-refractivity contribution in [3.05, 3.63) is 28.2 Å². The second-order valence-corrected chi connectivity index (χ2v) is 5.51. The molecule has 2 atom stereocenters. The van der Waals surface area contributed by atoms with Crippen molar-refractivity contribution in [2.24, 2.45) is 5.92 Å². The Morgan fingerprint density at radius 2 is 2.11 bits per heavy atom.